The predicted molar refractivity (Wildman–Crippen MR) is 81.7 cm³/mol. The first kappa shape index (κ1) is 14.9. The van der Waals surface area contributed by atoms with E-state index in [9.17, 15) is 4.79 Å². The van der Waals surface area contributed by atoms with Crippen LogP contribution >= 0.6 is 23.1 Å². The van der Waals surface area contributed by atoms with Crippen LogP contribution in [0.1, 0.15) is 38.8 Å². The normalized spacial score (nSPS) is 27.2. The fourth-order valence-corrected chi connectivity index (χ4v) is 4.22. The fraction of sp³-hybridized carbons (Fsp3) is 0.714. The Hall–Kier alpha value is -0.550. The van der Waals surface area contributed by atoms with Crippen molar-refractivity contribution in [2.24, 2.45) is 11.8 Å². The Morgan fingerprint density at radius 2 is 2.32 bits per heavy atom. The highest BCUT2D eigenvalue weighted by Gasteiger charge is 2.27. The SMILES string of the molecule is Cc1csc(SCC(=O)N[C@H]2CCC[C@H](C)[C@@H]2C)n1. The molecule has 2 rings (SSSR count). The van der Waals surface area contributed by atoms with E-state index < -0.39 is 0 Å². The quantitative estimate of drug-likeness (QED) is 0.865. The van der Waals surface area contributed by atoms with Crippen molar-refractivity contribution in [1.82, 2.24) is 10.3 Å². The molecule has 1 aromatic heterocycles. The lowest BCUT2D eigenvalue weighted by molar-refractivity contribution is -0.119. The maximum atomic E-state index is 12.0. The fourth-order valence-electron chi connectivity index (χ4n) is 2.56. The molecule has 0 aromatic carbocycles. The zero-order chi connectivity index (χ0) is 13.8. The summed E-state index contributed by atoms with van der Waals surface area (Å²) in [6, 6.07) is 0.356. The van der Waals surface area contributed by atoms with Crippen LogP contribution in [0.5, 0.6) is 0 Å². The summed E-state index contributed by atoms with van der Waals surface area (Å²) >= 11 is 3.15. The number of thiazole rings is 1. The topological polar surface area (TPSA) is 42.0 Å². The van der Waals surface area contributed by atoms with Crippen molar-refractivity contribution in [3.8, 4) is 0 Å². The number of hydrogen-bond donors (Lipinski definition) is 1. The zero-order valence-electron chi connectivity index (χ0n) is 11.8. The first-order valence-electron chi connectivity index (χ1n) is 6.90. The van der Waals surface area contributed by atoms with Crippen molar-refractivity contribution < 1.29 is 4.79 Å². The molecule has 3 atom stereocenters. The molecule has 1 saturated carbocycles. The van der Waals surface area contributed by atoms with Crippen molar-refractivity contribution in [3.63, 3.8) is 0 Å². The van der Waals surface area contributed by atoms with E-state index in [2.05, 4.69) is 24.1 Å². The number of thioether (sulfide) groups is 1. The van der Waals surface area contributed by atoms with Gasteiger partial charge in [0.2, 0.25) is 5.91 Å². The molecule has 1 aliphatic carbocycles. The third kappa shape index (κ3) is 4.21. The molecule has 0 aliphatic heterocycles. The Morgan fingerprint density at radius 1 is 1.53 bits per heavy atom. The van der Waals surface area contributed by atoms with Gasteiger partial charge in [-0.25, -0.2) is 4.98 Å². The molecule has 106 valence electrons. The zero-order valence-corrected chi connectivity index (χ0v) is 13.4. The molecule has 5 heteroatoms. The molecule has 0 spiro atoms. The molecule has 0 bridgehead atoms. The van der Waals surface area contributed by atoms with E-state index in [1.807, 2.05) is 12.3 Å². The Bertz CT molecular complexity index is 433. The van der Waals surface area contributed by atoms with Crippen LogP contribution in [0.4, 0.5) is 0 Å². The third-order valence-electron chi connectivity index (χ3n) is 3.98. The van der Waals surface area contributed by atoms with E-state index in [0.29, 0.717) is 23.6 Å². The lowest BCUT2D eigenvalue weighted by Crippen LogP contribution is -2.44. The third-order valence-corrected chi connectivity index (χ3v) is 6.12. The van der Waals surface area contributed by atoms with Crippen LogP contribution in [0, 0.1) is 18.8 Å². The highest BCUT2D eigenvalue weighted by molar-refractivity contribution is 8.01. The summed E-state index contributed by atoms with van der Waals surface area (Å²) in [5.74, 6) is 1.92. The van der Waals surface area contributed by atoms with Crippen LogP contribution in [-0.2, 0) is 4.79 Å². The van der Waals surface area contributed by atoms with Crippen LogP contribution in [0.15, 0.2) is 9.72 Å². The number of aryl methyl sites for hydroxylation is 1. The summed E-state index contributed by atoms with van der Waals surface area (Å²) in [6.45, 7) is 6.52. The number of hydrogen-bond acceptors (Lipinski definition) is 4. The summed E-state index contributed by atoms with van der Waals surface area (Å²) in [6.07, 6.45) is 3.65. The summed E-state index contributed by atoms with van der Waals surface area (Å²) in [5.41, 5.74) is 1.03. The monoisotopic (exact) mass is 298 g/mol. The van der Waals surface area contributed by atoms with Crippen LogP contribution in [0.25, 0.3) is 0 Å². The number of nitrogens with zero attached hydrogens (tertiary/aromatic N) is 1. The molecule has 0 saturated heterocycles. The van der Waals surface area contributed by atoms with Crippen molar-refractivity contribution >= 4 is 29.0 Å². The Kier molecular flexibility index (Phi) is 5.28. The van der Waals surface area contributed by atoms with Gasteiger partial charge in [0, 0.05) is 17.1 Å². The van der Waals surface area contributed by atoms with Gasteiger partial charge in [-0.3, -0.25) is 4.79 Å². The molecule has 19 heavy (non-hydrogen) atoms. The molecule has 1 heterocycles. The number of rotatable bonds is 4. The van der Waals surface area contributed by atoms with E-state index in [4.69, 9.17) is 0 Å². The average Bonchev–Trinajstić information content (AvgIpc) is 2.78. The second-order valence-corrected chi connectivity index (χ2v) is 7.57. The first-order valence-corrected chi connectivity index (χ1v) is 8.77. The molecule has 1 aromatic rings. The minimum atomic E-state index is 0.142. The minimum absolute atomic E-state index is 0.142. The van der Waals surface area contributed by atoms with Gasteiger partial charge in [-0.2, -0.15) is 0 Å². The largest absolute Gasteiger partial charge is 0.352 e. The smallest absolute Gasteiger partial charge is 0.230 e. The summed E-state index contributed by atoms with van der Waals surface area (Å²) in [7, 11) is 0. The average molecular weight is 298 g/mol. The summed E-state index contributed by atoms with van der Waals surface area (Å²) in [4.78, 5) is 16.3. The van der Waals surface area contributed by atoms with E-state index >= 15 is 0 Å². The number of nitrogens with one attached hydrogen (secondary N) is 1. The maximum Gasteiger partial charge on any atom is 0.230 e. The van der Waals surface area contributed by atoms with Gasteiger partial charge in [-0.15, -0.1) is 11.3 Å². The van der Waals surface area contributed by atoms with Crippen LogP contribution in [0.2, 0.25) is 0 Å². The number of carbonyl (C=O) groups is 1. The highest BCUT2D eigenvalue weighted by atomic mass is 32.2. The lowest BCUT2D eigenvalue weighted by atomic mass is 9.78. The van der Waals surface area contributed by atoms with Gasteiger partial charge in [0.1, 0.15) is 0 Å². The lowest BCUT2D eigenvalue weighted by Gasteiger charge is -2.34. The van der Waals surface area contributed by atoms with Gasteiger partial charge in [0.25, 0.3) is 0 Å². The van der Waals surface area contributed by atoms with Gasteiger partial charge in [-0.05, 0) is 25.2 Å². The molecule has 1 N–H and O–H groups in total. The van der Waals surface area contributed by atoms with E-state index in [1.54, 1.807) is 11.3 Å². The van der Waals surface area contributed by atoms with Crippen molar-refractivity contribution in [2.75, 3.05) is 5.75 Å². The number of amides is 1. The van der Waals surface area contributed by atoms with Gasteiger partial charge in [0.05, 0.1) is 5.75 Å². The molecule has 0 unspecified atom stereocenters. The summed E-state index contributed by atoms with van der Waals surface area (Å²) in [5, 5.41) is 5.21. The predicted octanol–water partition coefficient (Wildman–Crippen LogP) is 3.48. The second-order valence-electron chi connectivity index (χ2n) is 5.48. The van der Waals surface area contributed by atoms with Gasteiger partial charge in [0.15, 0.2) is 4.34 Å². The van der Waals surface area contributed by atoms with Gasteiger partial charge < -0.3 is 5.32 Å². The molecule has 1 aliphatic rings. The van der Waals surface area contributed by atoms with E-state index in [0.717, 1.165) is 16.5 Å². The van der Waals surface area contributed by atoms with Gasteiger partial charge in [-0.1, -0.05) is 38.5 Å². The Morgan fingerprint density at radius 3 is 3.00 bits per heavy atom. The van der Waals surface area contributed by atoms with Gasteiger partial charge >= 0.3 is 0 Å². The van der Waals surface area contributed by atoms with Crippen molar-refractivity contribution in [1.29, 1.82) is 0 Å². The maximum absolute atomic E-state index is 12.0. The minimum Gasteiger partial charge on any atom is -0.352 e. The van der Waals surface area contributed by atoms with Crippen LogP contribution in [0.3, 0.4) is 0 Å². The molecule has 0 radical (unpaired) electrons. The molecule has 3 nitrogen and oxygen atoms in total. The second kappa shape index (κ2) is 6.75. The molecule has 1 fully saturated rings. The molecular weight excluding hydrogens is 276 g/mol. The molecular formula is C14H22N2OS2. The van der Waals surface area contributed by atoms with Crippen LogP contribution < -0.4 is 5.32 Å². The van der Waals surface area contributed by atoms with E-state index in [1.165, 1.54) is 24.6 Å². The van der Waals surface area contributed by atoms with Crippen molar-refractivity contribution in [2.45, 2.75) is 50.4 Å². The number of carbonyl (C=O) groups excluding carboxylic acids is 1. The summed E-state index contributed by atoms with van der Waals surface area (Å²) < 4.78 is 0.984. The Labute approximate surface area is 123 Å². The van der Waals surface area contributed by atoms with Crippen molar-refractivity contribution in [3.05, 3.63) is 11.1 Å². The highest BCUT2D eigenvalue weighted by Crippen LogP contribution is 2.29. The van der Waals surface area contributed by atoms with E-state index in [-0.39, 0.29) is 5.91 Å². The molecule has 1 amide bonds. The van der Waals surface area contributed by atoms with Crippen LogP contribution in [-0.4, -0.2) is 22.7 Å². The Balaban J connectivity index is 1.77. The standard InChI is InChI=1S/C14H22N2OS2/c1-9-5-4-6-12(11(9)3)16-13(17)8-19-14-15-10(2)7-18-14/h7,9,11-12H,4-6,8H2,1-3H3,(H,16,17)/t9-,11-,12-/m0/s1. The number of aromatic nitrogens is 1. The first-order chi connectivity index (χ1) is 9.06.